The summed E-state index contributed by atoms with van der Waals surface area (Å²) >= 11 is 0. The average Bonchev–Trinajstić information content (AvgIpc) is 2.98. The third kappa shape index (κ3) is 2.63. The van der Waals surface area contributed by atoms with Crippen LogP contribution >= 0.6 is 0 Å². The summed E-state index contributed by atoms with van der Waals surface area (Å²) in [6, 6.07) is 0.200. The van der Waals surface area contributed by atoms with Gasteiger partial charge >= 0.3 is 6.03 Å². The van der Waals surface area contributed by atoms with Crippen molar-refractivity contribution in [2.75, 3.05) is 33.5 Å². The molecule has 6 nitrogen and oxygen atoms in total. The van der Waals surface area contributed by atoms with Crippen LogP contribution in [0.15, 0.2) is 0 Å². The zero-order valence-electron chi connectivity index (χ0n) is 9.44. The first-order chi connectivity index (χ1) is 7.70. The fraction of sp³-hybridized carbons (Fsp3) is 0.800. The first-order valence-electron chi connectivity index (χ1n) is 5.53. The minimum atomic E-state index is -0.129. The molecule has 0 spiro atoms. The number of amides is 3. The molecule has 3 amide bonds. The first kappa shape index (κ1) is 11.2. The number of methoxy groups -OCH3 is 1. The Labute approximate surface area is 94.5 Å². The minimum absolute atomic E-state index is 0.0111. The monoisotopic (exact) mass is 227 g/mol. The molecule has 0 atom stereocenters. The Bertz CT molecular complexity index is 291. The number of urea groups is 1. The van der Waals surface area contributed by atoms with E-state index < -0.39 is 0 Å². The third-order valence-corrected chi connectivity index (χ3v) is 2.78. The second-order valence-electron chi connectivity index (χ2n) is 4.21. The van der Waals surface area contributed by atoms with E-state index in [2.05, 4.69) is 5.32 Å². The van der Waals surface area contributed by atoms with Gasteiger partial charge in [-0.25, -0.2) is 4.79 Å². The molecule has 16 heavy (non-hydrogen) atoms. The summed E-state index contributed by atoms with van der Waals surface area (Å²) in [5, 5.41) is 2.87. The van der Waals surface area contributed by atoms with Crippen LogP contribution in [0.4, 0.5) is 4.79 Å². The molecule has 1 N–H and O–H groups in total. The van der Waals surface area contributed by atoms with E-state index in [-0.39, 0.29) is 18.5 Å². The lowest BCUT2D eigenvalue weighted by molar-refractivity contribution is -0.127. The fourth-order valence-electron chi connectivity index (χ4n) is 1.62. The summed E-state index contributed by atoms with van der Waals surface area (Å²) in [4.78, 5) is 26.4. The fourth-order valence-corrected chi connectivity index (χ4v) is 1.62. The molecule has 1 aliphatic carbocycles. The zero-order chi connectivity index (χ0) is 11.5. The van der Waals surface area contributed by atoms with E-state index >= 15 is 0 Å². The summed E-state index contributed by atoms with van der Waals surface area (Å²) < 4.78 is 4.91. The van der Waals surface area contributed by atoms with Crippen molar-refractivity contribution in [2.24, 2.45) is 0 Å². The summed E-state index contributed by atoms with van der Waals surface area (Å²) in [7, 11) is 1.60. The van der Waals surface area contributed by atoms with Crippen LogP contribution in [-0.4, -0.2) is 61.3 Å². The summed E-state index contributed by atoms with van der Waals surface area (Å²) in [6.07, 6.45) is 2.11. The number of hydrogen-bond donors (Lipinski definition) is 1. The van der Waals surface area contributed by atoms with Crippen molar-refractivity contribution in [1.82, 2.24) is 15.1 Å². The van der Waals surface area contributed by atoms with E-state index in [4.69, 9.17) is 4.74 Å². The Hall–Kier alpha value is -1.30. The van der Waals surface area contributed by atoms with Crippen molar-refractivity contribution >= 4 is 11.9 Å². The number of rotatable bonds is 4. The van der Waals surface area contributed by atoms with Crippen molar-refractivity contribution < 1.29 is 14.3 Å². The van der Waals surface area contributed by atoms with Crippen molar-refractivity contribution in [3.05, 3.63) is 0 Å². The Kier molecular flexibility index (Phi) is 3.28. The lowest BCUT2D eigenvalue weighted by atomic mass is 10.5. The molecule has 0 unspecified atom stereocenters. The largest absolute Gasteiger partial charge is 0.383 e. The molecule has 2 aliphatic rings. The van der Waals surface area contributed by atoms with Crippen LogP contribution in [0.25, 0.3) is 0 Å². The summed E-state index contributed by atoms with van der Waals surface area (Å²) in [5.41, 5.74) is 0. The summed E-state index contributed by atoms with van der Waals surface area (Å²) in [5.74, 6) is -0.0111. The highest BCUT2D eigenvalue weighted by atomic mass is 16.5. The Morgan fingerprint density at radius 3 is 2.94 bits per heavy atom. The molecular weight excluding hydrogens is 210 g/mol. The van der Waals surface area contributed by atoms with Crippen LogP contribution in [0.5, 0.6) is 0 Å². The van der Waals surface area contributed by atoms with Gasteiger partial charge in [0.2, 0.25) is 5.91 Å². The molecule has 1 heterocycles. The van der Waals surface area contributed by atoms with Gasteiger partial charge in [-0.3, -0.25) is 9.69 Å². The highest BCUT2D eigenvalue weighted by Gasteiger charge is 2.33. The molecule has 1 saturated heterocycles. The van der Waals surface area contributed by atoms with E-state index in [9.17, 15) is 9.59 Å². The molecule has 0 radical (unpaired) electrons. The number of nitrogens with zero attached hydrogens (tertiary/aromatic N) is 2. The van der Waals surface area contributed by atoms with Gasteiger partial charge in [0.15, 0.2) is 0 Å². The molecule has 90 valence electrons. The lowest BCUT2D eigenvalue weighted by Crippen LogP contribution is -2.40. The van der Waals surface area contributed by atoms with Gasteiger partial charge in [0.05, 0.1) is 13.3 Å². The van der Waals surface area contributed by atoms with Gasteiger partial charge in [-0.15, -0.1) is 0 Å². The van der Waals surface area contributed by atoms with Crippen LogP contribution in [0.1, 0.15) is 12.8 Å². The Morgan fingerprint density at radius 2 is 2.31 bits per heavy atom. The molecule has 0 bridgehead atoms. The van der Waals surface area contributed by atoms with Gasteiger partial charge < -0.3 is 15.0 Å². The van der Waals surface area contributed by atoms with Crippen LogP contribution < -0.4 is 5.32 Å². The molecule has 0 aromatic carbocycles. The topological polar surface area (TPSA) is 61.9 Å². The van der Waals surface area contributed by atoms with Gasteiger partial charge in [0.1, 0.15) is 6.54 Å². The third-order valence-electron chi connectivity index (χ3n) is 2.78. The van der Waals surface area contributed by atoms with Crippen LogP contribution in [0.2, 0.25) is 0 Å². The SMILES string of the molecule is COCCN1CN(C(=O)NC2CC2)CC1=O. The zero-order valence-corrected chi connectivity index (χ0v) is 9.44. The Morgan fingerprint density at radius 1 is 1.56 bits per heavy atom. The molecule has 6 heteroatoms. The summed E-state index contributed by atoms with van der Waals surface area (Å²) in [6.45, 7) is 1.61. The van der Waals surface area contributed by atoms with Crippen molar-refractivity contribution in [1.29, 1.82) is 0 Å². The number of hydrogen-bond acceptors (Lipinski definition) is 3. The van der Waals surface area contributed by atoms with E-state index in [0.717, 1.165) is 12.8 Å². The average molecular weight is 227 g/mol. The van der Waals surface area contributed by atoms with Gasteiger partial charge in [-0.2, -0.15) is 0 Å². The first-order valence-corrected chi connectivity index (χ1v) is 5.53. The van der Waals surface area contributed by atoms with E-state index in [1.54, 1.807) is 12.0 Å². The van der Waals surface area contributed by atoms with Gasteiger partial charge in [0.25, 0.3) is 0 Å². The van der Waals surface area contributed by atoms with Crippen molar-refractivity contribution in [3.63, 3.8) is 0 Å². The van der Waals surface area contributed by atoms with Crippen LogP contribution in [-0.2, 0) is 9.53 Å². The number of ether oxygens (including phenoxy) is 1. The Balaban J connectivity index is 1.79. The van der Waals surface area contributed by atoms with Gasteiger partial charge in [-0.05, 0) is 12.8 Å². The lowest BCUT2D eigenvalue weighted by Gasteiger charge is -2.18. The molecule has 2 rings (SSSR count). The maximum Gasteiger partial charge on any atom is 0.319 e. The number of carbonyl (C=O) groups is 2. The van der Waals surface area contributed by atoms with Crippen molar-refractivity contribution in [2.45, 2.75) is 18.9 Å². The van der Waals surface area contributed by atoms with E-state index in [1.165, 1.54) is 4.90 Å². The van der Waals surface area contributed by atoms with Gasteiger partial charge in [-0.1, -0.05) is 0 Å². The van der Waals surface area contributed by atoms with E-state index in [1.807, 2.05) is 0 Å². The van der Waals surface area contributed by atoms with E-state index in [0.29, 0.717) is 25.9 Å². The quantitative estimate of drug-likeness (QED) is 0.711. The van der Waals surface area contributed by atoms with Crippen LogP contribution in [0.3, 0.4) is 0 Å². The normalized spacial score (nSPS) is 20.4. The second kappa shape index (κ2) is 4.69. The molecule has 0 aromatic rings. The van der Waals surface area contributed by atoms with Crippen LogP contribution in [0, 0.1) is 0 Å². The number of carbonyl (C=O) groups excluding carboxylic acids is 2. The highest BCUT2D eigenvalue weighted by molar-refractivity contribution is 5.87. The van der Waals surface area contributed by atoms with Gasteiger partial charge in [0, 0.05) is 19.7 Å². The maximum atomic E-state index is 11.7. The highest BCUT2D eigenvalue weighted by Crippen LogP contribution is 2.19. The maximum absolute atomic E-state index is 11.7. The molecular formula is C10H17N3O3. The minimum Gasteiger partial charge on any atom is -0.383 e. The molecule has 2 fully saturated rings. The molecule has 0 aromatic heterocycles. The molecule has 1 saturated carbocycles. The predicted molar refractivity (Wildman–Crippen MR) is 56.7 cm³/mol. The molecule has 1 aliphatic heterocycles. The smallest absolute Gasteiger partial charge is 0.319 e. The second-order valence-corrected chi connectivity index (χ2v) is 4.21. The predicted octanol–water partition coefficient (Wildman–Crippen LogP) is -0.393. The standard InChI is InChI=1S/C10H17N3O3/c1-16-5-4-12-7-13(6-9(12)14)10(15)11-8-2-3-8/h8H,2-7H2,1H3,(H,11,15). The van der Waals surface area contributed by atoms with Crippen molar-refractivity contribution in [3.8, 4) is 0 Å². The number of nitrogens with one attached hydrogen (secondary N) is 1.